The Hall–Kier alpha value is -0.650. The standard InChI is InChI=1S/C52H105NO4/c1-3-5-7-9-11-13-15-17-19-20-21-22-23-24-25-26-27-28-29-30-31-33-35-37-39-41-43-45-47-51(56)53-49(48-54)52(57)50(55)46-44-42-40-38-36-34-32-18-16-14-12-10-8-6-4-2/h49-50,52,54-55,57H,3-48H2,1-2H3,(H,53,56). The number of carbonyl (C=O) groups excluding carboxylic acids is 1. The highest BCUT2D eigenvalue weighted by Crippen LogP contribution is 2.18. The second kappa shape index (κ2) is 48.0. The van der Waals surface area contributed by atoms with Crippen molar-refractivity contribution in [2.45, 2.75) is 321 Å². The van der Waals surface area contributed by atoms with Crippen molar-refractivity contribution in [1.82, 2.24) is 5.32 Å². The van der Waals surface area contributed by atoms with Gasteiger partial charge in [-0.3, -0.25) is 4.79 Å². The SMILES string of the molecule is CCCCCCCCCCCCCCCCCCCCCCCCCCCCCCC(=O)NC(CO)C(O)C(O)CCCCCCCCCCCCCCCCC. The number of aliphatic hydroxyl groups is 3. The van der Waals surface area contributed by atoms with E-state index in [9.17, 15) is 20.1 Å². The van der Waals surface area contributed by atoms with Crippen molar-refractivity contribution in [3.8, 4) is 0 Å². The lowest BCUT2D eigenvalue weighted by Gasteiger charge is -2.26. The Kier molecular flexibility index (Phi) is 47.5. The van der Waals surface area contributed by atoms with Gasteiger partial charge in [-0.1, -0.05) is 284 Å². The van der Waals surface area contributed by atoms with Crippen molar-refractivity contribution >= 4 is 5.91 Å². The first-order chi connectivity index (χ1) is 28.1. The minimum absolute atomic E-state index is 0.137. The topological polar surface area (TPSA) is 89.8 Å². The summed E-state index contributed by atoms with van der Waals surface area (Å²) >= 11 is 0. The zero-order chi connectivity index (χ0) is 41.5. The molecule has 4 N–H and O–H groups in total. The Morgan fingerprint density at radius 3 is 0.842 bits per heavy atom. The van der Waals surface area contributed by atoms with E-state index in [0.717, 1.165) is 32.1 Å². The van der Waals surface area contributed by atoms with Crippen LogP contribution in [0.4, 0.5) is 0 Å². The maximum absolute atomic E-state index is 12.5. The number of hydrogen-bond donors (Lipinski definition) is 4. The van der Waals surface area contributed by atoms with Crippen LogP contribution in [0, 0.1) is 0 Å². The van der Waals surface area contributed by atoms with Crippen LogP contribution in [0.2, 0.25) is 0 Å². The smallest absolute Gasteiger partial charge is 0.220 e. The molecule has 0 fully saturated rings. The highest BCUT2D eigenvalue weighted by Gasteiger charge is 2.26. The van der Waals surface area contributed by atoms with Gasteiger partial charge in [0, 0.05) is 6.42 Å². The van der Waals surface area contributed by atoms with E-state index in [0.29, 0.717) is 12.8 Å². The number of rotatable bonds is 49. The third-order valence-corrected chi connectivity index (χ3v) is 12.7. The zero-order valence-electron chi connectivity index (χ0n) is 39.0. The van der Waals surface area contributed by atoms with Gasteiger partial charge < -0.3 is 20.6 Å². The molecular formula is C52H105NO4. The van der Waals surface area contributed by atoms with Crippen LogP contribution in [0.1, 0.15) is 303 Å². The van der Waals surface area contributed by atoms with E-state index in [2.05, 4.69) is 19.2 Å². The Labute approximate surface area is 357 Å². The third-order valence-electron chi connectivity index (χ3n) is 12.7. The van der Waals surface area contributed by atoms with E-state index in [1.54, 1.807) is 0 Å². The van der Waals surface area contributed by atoms with Crippen LogP contribution < -0.4 is 5.32 Å². The quantitative estimate of drug-likeness (QED) is 0.0461. The molecule has 0 saturated carbocycles. The molecule has 0 heterocycles. The average Bonchev–Trinajstić information content (AvgIpc) is 3.22. The maximum atomic E-state index is 12.5. The van der Waals surface area contributed by atoms with Crippen molar-refractivity contribution in [3.63, 3.8) is 0 Å². The number of hydrogen-bond acceptors (Lipinski definition) is 4. The van der Waals surface area contributed by atoms with Gasteiger partial charge >= 0.3 is 0 Å². The highest BCUT2D eigenvalue weighted by atomic mass is 16.3. The van der Waals surface area contributed by atoms with Crippen LogP contribution in [0.25, 0.3) is 0 Å². The molecule has 0 rings (SSSR count). The van der Waals surface area contributed by atoms with Gasteiger partial charge in [0.25, 0.3) is 0 Å². The summed E-state index contributed by atoms with van der Waals surface area (Å²) in [4.78, 5) is 12.5. The highest BCUT2D eigenvalue weighted by molar-refractivity contribution is 5.76. The van der Waals surface area contributed by atoms with E-state index in [1.807, 2.05) is 0 Å². The molecule has 5 heteroatoms. The molecule has 0 spiro atoms. The fraction of sp³-hybridized carbons (Fsp3) is 0.981. The van der Waals surface area contributed by atoms with Crippen molar-refractivity contribution in [2.75, 3.05) is 6.61 Å². The van der Waals surface area contributed by atoms with Crippen LogP contribution in [0.5, 0.6) is 0 Å². The minimum atomic E-state index is -1.13. The summed E-state index contributed by atoms with van der Waals surface area (Å²) in [6.07, 6.45) is 56.7. The number of amides is 1. The first-order valence-electron chi connectivity index (χ1n) is 26.3. The van der Waals surface area contributed by atoms with Crippen LogP contribution in [-0.4, -0.2) is 46.1 Å². The van der Waals surface area contributed by atoms with Crippen molar-refractivity contribution in [1.29, 1.82) is 0 Å². The minimum Gasteiger partial charge on any atom is -0.394 e. The van der Waals surface area contributed by atoms with Crippen molar-refractivity contribution < 1.29 is 20.1 Å². The van der Waals surface area contributed by atoms with Crippen LogP contribution in [-0.2, 0) is 4.79 Å². The summed E-state index contributed by atoms with van der Waals surface area (Å²) in [7, 11) is 0. The molecule has 0 aromatic heterocycles. The normalized spacial score (nSPS) is 13.3. The lowest BCUT2D eigenvalue weighted by atomic mass is 9.99. The second-order valence-electron chi connectivity index (χ2n) is 18.4. The number of unbranched alkanes of at least 4 members (excludes halogenated alkanes) is 41. The third kappa shape index (κ3) is 43.3. The van der Waals surface area contributed by atoms with E-state index in [1.165, 1.54) is 244 Å². The summed E-state index contributed by atoms with van der Waals surface area (Å²) in [5.74, 6) is -0.137. The average molecular weight is 808 g/mol. The Morgan fingerprint density at radius 1 is 0.368 bits per heavy atom. The fourth-order valence-corrected chi connectivity index (χ4v) is 8.64. The molecule has 57 heavy (non-hydrogen) atoms. The van der Waals surface area contributed by atoms with Crippen LogP contribution >= 0.6 is 0 Å². The van der Waals surface area contributed by atoms with E-state index < -0.39 is 18.2 Å². The lowest BCUT2D eigenvalue weighted by molar-refractivity contribution is -0.124. The van der Waals surface area contributed by atoms with Gasteiger partial charge in [0.2, 0.25) is 5.91 Å². The van der Waals surface area contributed by atoms with Gasteiger partial charge in [0.15, 0.2) is 0 Å². The largest absolute Gasteiger partial charge is 0.394 e. The summed E-state index contributed by atoms with van der Waals surface area (Å²) in [6, 6.07) is -0.803. The number of aliphatic hydroxyl groups excluding tert-OH is 3. The van der Waals surface area contributed by atoms with E-state index in [4.69, 9.17) is 0 Å². The summed E-state index contributed by atoms with van der Waals surface area (Å²) in [5.41, 5.74) is 0. The van der Waals surface area contributed by atoms with Gasteiger partial charge in [-0.05, 0) is 12.8 Å². The zero-order valence-corrected chi connectivity index (χ0v) is 39.0. The van der Waals surface area contributed by atoms with Crippen LogP contribution in [0.3, 0.4) is 0 Å². The molecule has 0 aliphatic carbocycles. The van der Waals surface area contributed by atoms with Gasteiger partial charge in [0.1, 0.15) is 6.10 Å². The number of carbonyl (C=O) groups is 1. The fourth-order valence-electron chi connectivity index (χ4n) is 8.64. The molecule has 0 aliphatic heterocycles. The van der Waals surface area contributed by atoms with Crippen molar-refractivity contribution in [3.05, 3.63) is 0 Å². The van der Waals surface area contributed by atoms with Crippen molar-refractivity contribution in [2.24, 2.45) is 0 Å². The molecule has 0 aliphatic rings. The van der Waals surface area contributed by atoms with E-state index >= 15 is 0 Å². The first kappa shape index (κ1) is 56.4. The van der Waals surface area contributed by atoms with Gasteiger partial charge in [-0.25, -0.2) is 0 Å². The molecule has 0 bridgehead atoms. The van der Waals surface area contributed by atoms with Gasteiger partial charge in [-0.15, -0.1) is 0 Å². The molecule has 0 radical (unpaired) electrons. The first-order valence-corrected chi connectivity index (χ1v) is 26.3. The molecule has 0 saturated heterocycles. The molecule has 0 aromatic carbocycles. The van der Waals surface area contributed by atoms with E-state index in [-0.39, 0.29) is 12.5 Å². The summed E-state index contributed by atoms with van der Waals surface area (Å²) in [5, 5.41) is 33.7. The Morgan fingerprint density at radius 2 is 0.596 bits per heavy atom. The molecule has 1 amide bonds. The molecule has 5 nitrogen and oxygen atoms in total. The molecule has 3 atom stereocenters. The lowest BCUT2D eigenvalue weighted by Crippen LogP contribution is -2.50. The Balaban J connectivity index is 3.47. The summed E-state index contributed by atoms with van der Waals surface area (Å²) in [6.45, 7) is 4.21. The second-order valence-corrected chi connectivity index (χ2v) is 18.4. The maximum Gasteiger partial charge on any atom is 0.220 e. The monoisotopic (exact) mass is 808 g/mol. The molecular weight excluding hydrogens is 703 g/mol. The molecule has 342 valence electrons. The number of nitrogens with one attached hydrogen (secondary N) is 1. The molecule has 0 aromatic rings. The predicted octanol–water partition coefficient (Wildman–Crippen LogP) is 15.8. The van der Waals surface area contributed by atoms with Gasteiger partial charge in [0.05, 0.1) is 18.8 Å². The predicted molar refractivity (Wildman–Crippen MR) is 250 cm³/mol. The molecule has 3 unspecified atom stereocenters. The van der Waals surface area contributed by atoms with Gasteiger partial charge in [-0.2, -0.15) is 0 Å². The summed E-state index contributed by atoms with van der Waals surface area (Å²) < 4.78 is 0. The van der Waals surface area contributed by atoms with Crippen LogP contribution in [0.15, 0.2) is 0 Å². The Bertz CT molecular complexity index is 762.